The molecule has 36 heavy (non-hydrogen) atoms. The van der Waals surface area contributed by atoms with E-state index in [1.165, 1.54) is 10.8 Å². The normalized spacial score (nSPS) is 14.2. The van der Waals surface area contributed by atoms with Gasteiger partial charge in [-0.2, -0.15) is 5.10 Å². The Hall–Kier alpha value is -3.77. The van der Waals surface area contributed by atoms with Gasteiger partial charge < -0.3 is 5.32 Å². The van der Waals surface area contributed by atoms with Gasteiger partial charge in [0.25, 0.3) is 6.71 Å². The van der Waals surface area contributed by atoms with Gasteiger partial charge in [-0.25, -0.2) is 20.0 Å². The van der Waals surface area contributed by atoms with E-state index in [0.29, 0.717) is 12.2 Å². The van der Waals surface area contributed by atoms with Gasteiger partial charge in [0, 0.05) is 29.6 Å². The number of benzene rings is 2. The van der Waals surface area contributed by atoms with Crippen molar-refractivity contribution in [1.82, 2.24) is 14.6 Å². The first kappa shape index (κ1) is 23.9. The van der Waals surface area contributed by atoms with E-state index in [0.717, 1.165) is 60.2 Å². The van der Waals surface area contributed by atoms with Crippen LogP contribution in [0.3, 0.4) is 0 Å². The molecule has 178 valence electrons. The molecule has 0 spiro atoms. The molecule has 0 amide bonds. The summed E-state index contributed by atoms with van der Waals surface area (Å²) < 4.78 is 1.86. The molecule has 0 atom stereocenters. The van der Waals surface area contributed by atoms with Crippen LogP contribution in [0.5, 0.6) is 0 Å². The van der Waals surface area contributed by atoms with Gasteiger partial charge in [0.2, 0.25) is 0 Å². The molecule has 5 rings (SSSR count). The van der Waals surface area contributed by atoms with E-state index in [2.05, 4.69) is 66.5 Å². The maximum atomic E-state index is 10.3. The zero-order chi connectivity index (χ0) is 25.1. The second kappa shape index (κ2) is 10.5. The molecule has 3 heterocycles. The van der Waals surface area contributed by atoms with E-state index in [-0.39, 0.29) is 19.3 Å². The molecule has 0 unspecified atom stereocenters. The van der Waals surface area contributed by atoms with E-state index in [1.807, 2.05) is 28.9 Å². The zero-order valence-electron chi connectivity index (χ0n) is 21.0. The van der Waals surface area contributed by atoms with Crippen LogP contribution < -0.4 is 10.9 Å². The fourth-order valence-electron chi connectivity index (χ4n) is 5.40. The molecule has 1 N–H and O–H groups in total. The molecule has 6 nitrogen and oxygen atoms in total. The van der Waals surface area contributed by atoms with E-state index in [1.54, 1.807) is 0 Å². The summed E-state index contributed by atoms with van der Waals surface area (Å²) in [5, 5.41) is 30.1. The number of nitriles is 2. The van der Waals surface area contributed by atoms with Crippen LogP contribution in [0.25, 0.3) is 16.4 Å². The molecule has 2 aromatic heterocycles. The van der Waals surface area contributed by atoms with Crippen LogP contribution >= 0.6 is 0 Å². The summed E-state index contributed by atoms with van der Waals surface area (Å²) in [4.78, 5) is 4.93. The first-order valence-electron chi connectivity index (χ1n) is 13.0. The van der Waals surface area contributed by atoms with Crippen LogP contribution in [0.1, 0.15) is 43.7 Å². The highest BCUT2D eigenvalue weighted by Gasteiger charge is 2.27. The largest absolute Gasteiger partial charge is 0.370 e. The maximum absolute atomic E-state index is 10.3. The van der Waals surface area contributed by atoms with Crippen LogP contribution in [-0.2, 0) is 6.32 Å². The predicted octanol–water partition coefficient (Wildman–Crippen LogP) is 4.93. The van der Waals surface area contributed by atoms with Crippen molar-refractivity contribution in [3.63, 3.8) is 0 Å². The Labute approximate surface area is 213 Å². The van der Waals surface area contributed by atoms with E-state index in [4.69, 9.17) is 4.98 Å². The van der Waals surface area contributed by atoms with E-state index >= 15 is 0 Å². The minimum Gasteiger partial charge on any atom is -0.370 e. The summed E-state index contributed by atoms with van der Waals surface area (Å²) in [5.74, 6) is 6.58. The molecule has 1 aliphatic rings. The van der Waals surface area contributed by atoms with Gasteiger partial charge in [-0.15, -0.1) is 0 Å². The third kappa shape index (κ3) is 4.82. The standard InChI is InChI=1S/C28H30B2N6/c1-20(2)25-17-34-36-26(30(19-32)15-23-8-5-7-22-6-3-4-9-24(22)23)14-27(35-28(25)36)33-16-21-10-12-29(18-31)13-11-21/h3-9,14,17,20-21H,10-13,15-16H2,1-2H3,(H,33,35). The van der Waals surface area contributed by atoms with Crippen molar-refractivity contribution in [3.05, 3.63) is 65.9 Å². The van der Waals surface area contributed by atoms with Crippen LogP contribution in [0.15, 0.2) is 54.7 Å². The Morgan fingerprint density at radius 2 is 1.92 bits per heavy atom. The number of nitrogens with one attached hydrogen (secondary N) is 1. The highest BCUT2D eigenvalue weighted by atomic mass is 15.3. The molecule has 1 saturated heterocycles. The van der Waals surface area contributed by atoms with Gasteiger partial charge in [-0.3, -0.25) is 0 Å². The lowest BCUT2D eigenvalue weighted by Gasteiger charge is -2.23. The molecular weight excluding hydrogens is 442 g/mol. The number of anilines is 1. The Morgan fingerprint density at radius 1 is 1.14 bits per heavy atom. The number of fused-ring (bicyclic) bond motifs is 2. The molecule has 1 fully saturated rings. The number of nitrogens with zero attached hydrogens (tertiary/aromatic N) is 5. The molecule has 8 heteroatoms. The zero-order valence-corrected chi connectivity index (χ0v) is 21.0. The Balaban J connectivity index is 1.47. The minimum absolute atomic E-state index is 0.202. The van der Waals surface area contributed by atoms with Gasteiger partial charge in [-0.05, 0) is 40.6 Å². The first-order chi connectivity index (χ1) is 17.6. The molecule has 0 saturated carbocycles. The SMILES string of the molecule is CC(C)c1cnn2c(B(C#N)Cc3cccc4ccccc34)cc(NCC3CCB(C#N)CC3)nc12. The van der Waals surface area contributed by atoms with Crippen LogP contribution in [0.2, 0.25) is 12.6 Å². The quantitative estimate of drug-likeness (QED) is 0.386. The number of hydrogen-bond acceptors (Lipinski definition) is 5. The predicted molar refractivity (Wildman–Crippen MR) is 148 cm³/mol. The highest BCUT2D eigenvalue weighted by Crippen LogP contribution is 2.26. The lowest BCUT2D eigenvalue weighted by molar-refractivity contribution is 0.497. The molecule has 1 aliphatic heterocycles. The summed E-state index contributed by atoms with van der Waals surface area (Å²) in [6, 6.07) is 16.6. The van der Waals surface area contributed by atoms with Gasteiger partial charge in [-0.1, -0.05) is 81.8 Å². The van der Waals surface area contributed by atoms with Crippen LogP contribution in [0.4, 0.5) is 5.82 Å². The van der Waals surface area contributed by atoms with Gasteiger partial charge >= 0.3 is 6.71 Å². The number of rotatable bonds is 7. The number of hydrogen-bond donors (Lipinski definition) is 1. The van der Waals surface area contributed by atoms with Crippen molar-refractivity contribution >= 4 is 41.3 Å². The first-order valence-corrected chi connectivity index (χ1v) is 13.0. The van der Waals surface area contributed by atoms with E-state index in [9.17, 15) is 10.5 Å². The van der Waals surface area contributed by atoms with E-state index < -0.39 is 0 Å². The lowest BCUT2D eigenvalue weighted by Crippen LogP contribution is -2.38. The summed E-state index contributed by atoms with van der Waals surface area (Å²) in [6.07, 6.45) is 6.56. The van der Waals surface area contributed by atoms with Gasteiger partial charge in [0.15, 0.2) is 5.65 Å². The van der Waals surface area contributed by atoms with Crippen molar-refractivity contribution in [3.8, 4) is 11.9 Å². The topological polar surface area (TPSA) is 89.8 Å². The van der Waals surface area contributed by atoms with Crippen molar-refractivity contribution in [2.24, 2.45) is 5.92 Å². The molecule has 0 aliphatic carbocycles. The second-order valence-electron chi connectivity index (χ2n) is 10.3. The Kier molecular flexibility index (Phi) is 6.96. The minimum atomic E-state index is -0.368. The highest BCUT2D eigenvalue weighted by molar-refractivity contribution is 6.79. The summed E-state index contributed by atoms with van der Waals surface area (Å²) in [6.45, 7) is 4.95. The third-order valence-corrected chi connectivity index (χ3v) is 7.57. The van der Waals surface area contributed by atoms with Crippen LogP contribution in [0, 0.1) is 28.4 Å². The summed E-state index contributed by atoms with van der Waals surface area (Å²) >= 11 is 0. The molecule has 0 bridgehead atoms. The average molecular weight is 472 g/mol. The lowest BCUT2D eigenvalue weighted by atomic mass is 9.42. The van der Waals surface area contributed by atoms with Crippen LogP contribution in [-0.4, -0.2) is 34.6 Å². The van der Waals surface area contributed by atoms with Crippen molar-refractivity contribution in [2.45, 2.75) is 51.6 Å². The molecular formula is C28H30B2N6. The van der Waals surface area contributed by atoms with Crippen molar-refractivity contribution < 1.29 is 0 Å². The number of aromatic nitrogens is 3. The van der Waals surface area contributed by atoms with Gasteiger partial charge in [0.1, 0.15) is 5.82 Å². The van der Waals surface area contributed by atoms with Gasteiger partial charge in [0.05, 0.1) is 6.20 Å². The average Bonchev–Trinajstić information content (AvgIpc) is 3.35. The van der Waals surface area contributed by atoms with Crippen molar-refractivity contribution in [2.75, 3.05) is 11.9 Å². The third-order valence-electron chi connectivity index (χ3n) is 7.57. The molecule has 4 aromatic rings. The second-order valence-corrected chi connectivity index (χ2v) is 10.3. The summed E-state index contributed by atoms with van der Waals surface area (Å²) in [7, 11) is 0. The fraction of sp³-hybridized carbons (Fsp3) is 0.357. The Morgan fingerprint density at radius 3 is 2.67 bits per heavy atom. The monoisotopic (exact) mass is 472 g/mol. The molecule has 0 radical (unpaired) electrons. The summed E-state index contributed by atoms with van der Waals surface area (Å²) in [5.41, 5.74) is 3.91. The fourth-order valence-corrected chi connectivity index (χ4v) is 5.40. The molecule has 2 aromatic carbocycles. The van der Waals surface area contributed by atoms with Crippen molar-refractivity contribution in [1.29, 1.82) is 10.5 Å². The Bertz CT molecular complexity index is 1450. The smallest absolute Gasteiger partial charge is 0.326 e. The maximum Gasteiger partial charge on any atom is 0.326 e.